The molecular formula is C25H30ClN3O. The van der Waals surface area contributed by atoms with E-state index in [4.69, 9.17) is 11.6 Å². The lowest BCUT2D eigenvalue weighted by atomic mass is 9.89. The van der Waals surface area contributed by atoms with Crippen molar-refractivity contribution in [1.82, 2.24) is 9.88 Å². The highest BCUT2D eigenvalue weighted by Crippen LogP contribution is 2.36. The fraction of sp³-hybridized carbons (Fsp3) is 0.400. The first kappa shape index (κ1) is 21.0. The summed E-state index contributed by atoms with van der Waals surface area (Å²) in [7, 11) is 4.35. The minimum Gasteiger partial charge on any atom is -0.506 e. The van der Waals surface area contributed by atoms with Crippen molar-refractivity contribution in [2.45, 2.75) is 32.7 Å². The van der Waals surface area contributed by atoms with Gasteiger partial charge in [-0.25, -0.2) is 0 Å². The zero-order chi connectivity index (χ0) is 21.4. The first-order chi connectivity index (χ1) is 14.3. The smallest absolute Gasteiger partial charge is 0.134 e. The van der Waals surface area contributed by atoms with Gasteiger partial charge < -0.3 is 14.9 Å². The van der Waals surface area contributed by atoms with Crippen molar-refractivity contribution >= 4 is 28.2 Å². The van der Waals surface area contributed by atoms with Gasteiger partial charge in [0.15, 0.2) is 0 Å². The zero-order valence-corrected chi connectivity index (χ0v) is 18.9. The van der Waals surface area contributed by atoms with Gasteiger partial charge in [0, 0.05) is 30.7 Å². The molecule has 4 nitrogen and oxygen atoms in total. The summed E-state index contributed by atoms with van der Waals surface area (Å²) in [6.45, 7) is 6.62. The van der Waals surface area contributed by atoms with Crippen LogP contribution in [-0.2, 0) is 0 Å². The maximum Gasteiger partial charge on any atom is 0.134 e. The van der Waals surface area contributed by atoms with Crippen molar-refractivity contribution in [3.05, 3.63) is 53.2 Å². The Kier molecular flexibility index (Phi) is 5.90. The summed E-state index contributed by atoms with van der Waals surface area (Å²) in [6.07, 6.45) is 4.40. The lowest BCUT2D eigenvalue weighted by Crippen LogP contribution is -2.41. The average Bonchev–Trinajstić information content (AvgIpc) is 2.75. The highest BCUT2D eigenvalue weighted by molar-refractivity contribution is 6.32. The van der Waals surface area contributed by atoms with E-state index in [1.54, 1.807) is 6.07 Å². The summed E-state index contributed by atoms with van der Waals surface area (Å²) in [5.41, 5.74) is 5.58. The van der Waals surface area contributed by atoms with E-state index in [-0.39, 0.29) is 5.75 Å². The quantitative estimate of drug-likeness (QED) is 0.581. The van der Waals surface area contributed by atoms with Gasteiger partial charge in [-0.3, -0.25) is 4.98 Å². The number of piperidine rings is 1. The number of rotatable bonds is 4. The Labute approximate surface area is 184 Å². The Morgan fingerprint density at radius 1 is 1.10 bits per heavy atom. The van der Waals surface area contributed by atoms with Crippen molar-refractivity contribution in [3.63, 3.8) is 0 Å². The van der Waals surface area contributed by atoms with Gasteiger partial charge in [0.1, 0.15) is 5.75 Å². The molecule has 5 heteroatoms. The predicted octanol–water partition coefficient (Wildman–Crippen LogP) is 5.74. The molecule has 3 aromatic rings. The number of hydrogen-bond donors (Lipinski definition) is 1. The number of phenolic OH excluding ortho intramolecular Hbond substituents is 1. The second-order valence-corrected chi connectivity index (χ2v) is 9.12. The molecular weight excluding hydrogens is 394 g/mol. The summed E-state index contributed by atoms with van der Waals surface area (Å²) < 4.78 is 0. The van der Waals surface area contributed by atoms with Crippen LogP contribution in [0.5, 0.6) is 5.75 Å². The molecule has 1 atom stereocenters. The molecule has 2 aromatic carbocycles. The number of aromatic hydroxyl groups is 1. The monoisotopic (exact) mass is 423 g/mol. The first-order valence-electron chi connectivity index (χ1n) is 10.6. The topological polar surface area (TPSA) is 39.6 Å². The van der Waals surface area contributed by atoms with E-state index in [2.05, 4.69) is 60.9 Å². The molecule has 1 saturated heterocycles. The zero-order valence-electron chi connectivity index (χ0n) is 18.2. The van der Waals surface area contributed by atoms with Crippen LogP contribution in [0.3, 0.4) is 0 Å². The Hall–Kier alpha value is -2.30. The molecule has 0 amide bonds. The van der Waals surface area contributed by atoms with Gasteiger partial charge in [0.05, 0.1) is 16.2 Å². The third kappa shape index (κ3) is 3.99. The molecule has 1 aliphatic heterocycles. The van der Waals surface area contributed by atoms with Gasteiger partial charge >= 0.3 is 0 Å². The van der Waals surface area contributed by atoms with Gasteiger partial charge in [-0.1, -0.05) is 23.7 Å². The summed E-state index contributed by atoms with van der Waals surface area (Å²) in [5.74, 6) is 0.841. The molecule has 0 radical (unpaired) electrons. The van der Waals surface area contributed by atoms with Crippen molar-refractivity contribution in [2.24, 2.45) is 5.92 Å². The summed E-state index contributed by atoms with van der Waals surface area (Å²) in [5, 5.41) is 11.3. The molecule has 1 N–H and O–H groups in total. The van der Waals surface area contributed by atoms with Gasteiger partial charge in [-0.15, -0.1) is 0 Å². The molecule has 30 heavy (non-hydrogen) atoms. The van der Waals surface area contributed by atoms with Crippen LogP contribution in [0.25, 0.3) is 22.0 Å². The molecule has 1 fully saturated rings. The van der Waals surface area contributed by atoms with E-state index in [1.807, 2.05) is 18.3 Å². The fourth-order valence-corrected chi connectivity index (χ4v) is 4.77. The largest absolute Gasteiger partial charge is 0.506 e. The highest BCUT2D eigenvalue weighted by atomic mass is 35.5. The van der Waals surface area contributed by atoms with Crippen LogP contribution in [0, 0.1) is 12.8 Å². The van der Waals surface area contributed by atoms with Crippen LogP contribution in [0.4, 0.5) is 5.69 Å². The molecule has 2 heterocycles. The van der Waals surface area contributed by atoms with Crippen molar-refractivity contribution in [2.75, 3.05) is 32.1 Å². The van der Waals surface area contributed by atoms with Crippen LogP contribution in [0.15, 0.2) is 42.6 Å². The molecule has 4 rings (SSSR count). The molecule has 0 spiro atoms. The maximum atomic E-state index is 9.76. The van der Waals surface area contributed by atoms with E-state index >= 15 is 0 Å². The predicted molar refractivity (Wildman–Crippen MR) is 127 cm³/mol. The maximum absolute atomic E-state index is 9.76. The second kappa shape index (κ2) is 8.44. The van der Waals surface area contributed by atoms with Gasteiger partial charge in [0.25, 0.3) is 0 Å². The minimum absolute atomic E-state index is 0.106. The molecule has 1 aliphatic rings. The third-order valence-electron chi connectivity index (χ3n) is 6.66. The number of aryl methyl sites for hydroxylation is 1. The molecule has 0 aliphatic carbocycles. The highest BCUT2D eigenvalue weighted by Gasteiger charge is 2.26. The number of halogens is 1. The van der Waals surface area contributed by atoms with Gasteiger partial charge in [-0.05, 0) is 87.7 Å². The number of anilines is 1. The Bertz CT molecular complexity index is 1060. The number of hydrogen-bond acceptors (Lipinski definition) is 4. The standard InChI is InChI=1S/C25H30ClN3O/c1-16-15-27-23-7-5-19(20-6-8-24(30)22(26)14-20)13-21(23)25(16)29-11-9-18(10-12-29)17(2)28(3)4/h5-8,13-15,17-18,30H,9-12H2,1-4H3. The normalized spacial score (nSPS) is 16.4. The van der Waals surface area contributed by atoms with E-state index < -0.39 is 0 Å². The summed E-state index contributed by atoms with van der Waals surface area (Å²) in [6, 6.07) is 12.3. The number of benzene rings is 2. The van der Waals surface area contributed by atoms with Gasteiger partial charge in [-0.2, -0.15) is 0 Å². The van der Waals surface area contributed by atoms with Crippen molar-refractivity contribution < 1.29 is 5.11 Å². The Balaban J connectivity index is 1.69. The number of aromatic nitrogens is 1. The molecule has 158 valence electrons. The summed E-state index contributed by atoms with van der Waals surface area (Å²) >= 11 is 6.15. The average molecular weight is 424 g/mol. The first-order valence-corrected chi connectivity index (χ1v) is 11.0. The van der Waals surface area contributed by atoms with Gasteiger partial charge in [0.2, 0.25) is 0 Å². The molecule has 1 unspecified atom stereocenters. The third-order valence-corrected chi connectivity index (χ3v) is 6.96. The molecule has 1 aromatic heterocycles. The van der Waals surface area contributed by atoms with Crippen LogP contribution in [0.1, 0.15) is 25.3 Å². The lowest BCUT2D eigenvalue weighted by molar-refractivity contribution is 0.199. The second-order valence-electron chi connectivity index (χ2n) is 8.72. The number of pyridine rings is 1. The Morgan fingerprint density at radius 2 is 1.77 bits per heavy atom. The Morgan fingerprint density at radius 3 is 2.43 bits per heavy atom. The fourth-order valence-electron chi connectivity index (χ4n) is 4.59. The summed E-state index contributed by atoms with van der Waals surface area (Å²) in [4.78, 5) is 9.54. The molecule has 0 bridgehead atoms. The number of fused-ring (bicyclic) bond motifs is 1. The number of phenols is 1. The minimum atomic E-state index is 0.106. The SMILES string of the molecule is Cc1cnc2ccc(-c3ccc(O)c(Cl)c3)cc2c1N1CCC(C(C)N(C)C)CC1. The van der Waals surface area contributed by atoms with E-state index in [0.29, 0.717) is 11.1 Å². The van der Waals surface area contributed by atoms with E-state index in [1.165, 1.54) is 29.5 Å². The van der Waals surface area contributed by atoms with Crippen LogP contribution < -0.4 is 4.90 Å². The van der Waals surface area contributed by atoms with E-state index in [0.717, 1.165) is 35.7 Å². The van der Waals surface area contributed by atoms with Crippen LogP contribution in [0.2, 0.25) is 5.02 Å². The van der Waals surface area contributed by atoms with Crippen LogP contribution >= 0.6 is 11.6 Å². The van der Waals surface area contributed by atoms with Crippen LogP contribution in [-0.4, -0.2) is 48.2 Å². The lowest BCUT2D eigenvalue weighted by Gasteiger charge is -2.39. The number of nitrogens with zero attached hydrogens (tertiary/aromatic N) is 3. The van der Waals surface area contributed by atoms with Crippen molar-refractivity contribution in [1.29, 1.82) is 0 Å². The molecule has 0 saturated carbocycles. The van der Waals surface area contributed by atoms with Crippen molar-refractivity contribution in [3.8, 4) is 16.9 Å². The van der Waals surface area contributed by atoms with E-state index in [9.17, 15) is 5.11 Å².